The van der Waals surface area contributed by atoms with Crippen LogP contribution in [0, 0.1) is 0 Å². The first-order chi connectivity index (χ1) is 9.33. The molecule has 0 saturated heterocycles. The Morgan fingerprint density at radius 3 is 1.38 bits per heavy atom. The summed E-state index contributed by atoms with van der Waals surface area (Å²) in [4.78, 5) is 20.6. The van der Waals surface area contributed by atoms with Crippen molar-refractivity contribution in [1.82, 2.24) is 9.44 Å². The van der Waals surface area contributed by atoms with Crippen LogP contribution in [0.3, 0.4) is 0 Å². The highest BCUT2D eigenvalue weighted by atomic mass is 32.3. The Morgan fingerprint density at radius 2 is 1.14 bits per heavy atom. The molecule has 0 bridgehead atoms. The van der Waals surface area contributed by atoms with E-state index in [1.165, 1.54) is 0 Å². The average molecular weight is 346 g/mol. The highest BCUT2D eigenvalue weighted by Gasteiger charge is 2.46. The van der Waals surface area contributed by atoms with Gasteiger partial charge in [0.1, 0.15) is 0 Å². The van der Waals surface area contributed by atoms with Crippen molar-refractivity contribution in [2.45, 2.75) is 30.8 Å². The molecular weight excluding hydrogens is 328 g/mol. The predicted molar refractivity (Wildman–Crippen MR) is 72.4 cm³/mol. The van der Waals surface area contributed by atoms with Crippen LogP contribution in [0.15, 0.2) is 0 Å². The van der Waals surface area contributed by atoms with Crippen molar-refractivity contribution in [3.8, 4) is 0 Å². The van der Waals surface area contributed by atoms with Crippen LogP contribution in [0.25, 0.3) is 0 Å². The molecule has 0 spiro atoms. The van der Waals surface area contributed by atoms with Gasteiger partial charge in [-0.15, -0.1) is 0 Å². The lowest BCUT2D eigenvalue weighted by Gasteiger charge is -2.25. The average Bonchev–Trinajstić information content (AvgIpc) is 2.26. The van der Waals surface area contributed by atoms with Crippen molar-refractivity contribution in [3.63, 3.8) is 0 Å². The van der Waals surface area contributed by atoms with Crippen molar-refractivity contribution in [2.24, 2.45) is 0 Å². The Morgan fingerprint density at radius 1 is 0.857 bits per heavy atom. The standard InChI is InChI=1S/C9H18N2O8S2/c1-9(2,20(16,17)10-5-3-7(12)13)21(18,19)11-6-4-8(14)15/h10-11H,3-6H2,1-2H3,(H,12,13)(H,14,15). The van der Waals surface area contributed by atoms with Gasteiger partial charge >= 0.3 is 11.9 Å². The van der Waals surface area contributed by atoms with E-state index >= 15 is 0 Å². The third-order valence-electron chi connectivity index (χ3n) is 2.56. The van der Waals surface area contributed by atoms with Crippen LogP contribution in [0.1, 0.15) is 26.7 Å². The van der Waals surface area contributed by atoms with Gasteiger partial charge in [-0.2, -0.15) is 0 Å². The van der Waals surface area contributed by atoms with Gasteiger partial charge in [-0.05, 0) is 13.8 Å². The normalized spacial score (nSPS) is 13.0. The maximum atomic E-state index is 11.9. The molecule has 0 rings (SSSR count). The Balaban J connectivity index is 4.98. The molecule has 0 amide bonds. The zero-order valence-corrected chi connectivity index (χ0v) is 13.1. The lowest BCUT2D eigenvalue weighted by atomic mass is 10.5. The molecule has 21 heavy (non-hydrogen) atoms. The summed E-state index contributed by atoms with van der Waals surface area (Å²) < 4.78 is 49.2. The quantitative estimate of drug-likeness (QED) is 0.371. The van der Waals surface area contributed by atoms with E-state index in [4.69, 9.17) is 10.2 Å². The largest absolute Gasteiger partial charge is 0.481 e. The number of carboxylic acid groups (broad SMARTS) is 2. The number of carboxylic acids is 2. The fourth-order valence-electron chi connectivity index (χ4n) is 1.08. The van der Waals surface area contributed by atoms with E-state index in [0.717, 1.165) is 13.8 Å². The molecule has 124 valence electrons. The lowest BCUT2D eigenvalue weighted by Crippen LogP contribution is -2.52. The fourth-order valence-corrected chi connectivity index (χ4v) is 4.02. The summed E-state index contributed by atoms with van der Waals surface area (Å²) in [6.07, 6.45) is -0.996. The Bertz CT molecular complexity index is 541. The molecule has 0 heterocycles. The summed E-state index contributed by atoms with van der Waals surface area (Å²) in [7, 11) is -8.75. The Kier molecular flexibility index (Phi) is 6.73. The molecule has 12 heteroatoms. The van der Waals surface area contributed by atoms with Crippen molar-refractivity contribution < 1.29 is 36.6 Å². The number of aliphatic carboxylic acids is 2. The number of hydrogen-bond donors (Lipinski definition) is 4. The highest BCUT2D eigenvalue weighted by Crippen LogP contribution is 2.21. The van der Waals surface area contributed by atoms with Crippen LogP contribution < -0.4 is 9.44 Å². The van der Waals surface area contributed by atoms with Gasteiger partial charge in [0.05, 0.1) is 12.8 Å². The predicted octanol–water partition coefficient (Wildman–Crippen LogP) is -1.49. The second-order valence-corrected chi connectivity index (χ2v) is 9.37. The monoisotopic (exact) mass is 346 g/mol. The second-order valence-electron chi connectivity index (χ2n) is 4.48. The molecule has 4 N–H and O–H groups in total. The number of nitrogens with one attached hydrogen (secondary N) is 2. The summed E-state index contributed by atoms with van der Waals surface area (Å²) in [6, 6.07) is 0. The van der Waals surface area contributed by atoms with E-state index in [-0.39, 0.29) is 0 Å². The number of sulfonamides is 2. The molecule has 0 aromatic carbocycles. The molecule has 0 radical (unpaired) electrons. The zero-order valence-electron chi connectivity index (χ0n) is 11.5. The van der Waals surface area contributed by atoms with E-state index in [1.807, 2.05) is 9.44 Å². The number of hydrogen-bond acceptors (Lipinski definition) is 6. The van der Waals surface area contributed by atoms with Gasteiger partial charge in [-0.25, -0.2) is 26.3 Å². The van der Waals surface area contributed by atoms with Crippen LogP contribution in [0.4, 0.5) is 0 Å². The zero-order chi connectivity index (χ0) is 16.9. The fraction of sp³-hybridized carbons (Fsp3) is 0.778. The first-order valence-electron chi connectivity index (χ1n) is 5.75. The molecule has 0 aromatic rings. The molecule has 0 unspecified atom stereocenters. The van der Waals surface area contributed by atoms with Crippen LogP contribution in [-0.4, -0.2) is 56.2 Å². The van der Waals surface area contributed by atoms with Gasteiger partial charge in [0, 0.05) is 13.1 Å². The summed E-state index contributed by atoms with van der Waals surface area (Å²) >= 11 is 0. The lowest BCUT2D eigenvalue weighted by molar-refractivity contribution is -0.137. The van der Waals surface area contributed by atoms with E-state index in [1.54, 1.807) is 0 Å². The minimum Gasteiger partial charge on any atom is -0.481 e. The van der Waals surface area contributed by atoms with Crippen molar-refractivity contribution in [2.75, 3.05) is 13.1 Å². The SMILES string of the molecule is CC(C)(S(=O)(=O)NCCC(=O)O)S(=O)(=O)NCCC(=O)O. The van der Waals surface area contributed by atoms with Gasteiger partial charge in [-0.3, -0.25) is 9.59 Å². The van der Waals surface area contributed by atoms with Gasteiger partial charge in [0.15, 0.2) is 4.08 Å². The van der Waals surface area contributed by atoms with Gasteiger partial charge in [-0.1, -0.05) is 0 Å². The van der Waals surface area contributed by atoms with Gasteiger partial charge < -0.3 is 10.2 Å². The molecule has 0 atom stereocenters. The smallest absolute Gasteiger partial charge is 0.304 e. The van der Waals surface area contributed by atoms with Crippen LogP contribution in [-0.2, 0) is 29.6 Å². The van der Waals surface area contributed by atoms with E-state index in [0.29, 0.717) is 0 Å². The van der Waals surface area contributed by atoms with E-state index < -0.39 is 62.0 Å². The molecule has 0 aliphatic rings. The highest BCUT2D eigenvalue weighted by molar-refractivity contribution is 8.08. The Hall–Kier alpha value is -1.24. The number of carbonyl (C=O) groups is 2. The van der Waals surface area contributed by atoms with Gasteiger partial charge in [0.25, 0.3) is 0 Å². The van der Waals surface area contributed by atoms with Crippen LogP contribution >= 0.6 is 0 Å². The topological polar surface area (TPSA) is 167 Å². The summed E-state index contributed by atoms with van der Waals surface area (Å²) in [5.74, 6) is -2.48. The minimum absolute atomic E-state index is 0.453. The maximum absolute atomic E-state index is 11.9. The maximum Gasteiger partial charge on any atom is 0.304 e. The molecule has 0 aliphatic carbocycles. The first kappa shape index (κ1) is 19.8. The molecule has 0 aromatic heterocycles. The third kappa shape index (κ3) is 5.57. The van der Waals surface area contributed by atoms with Crippen molar-refractivity contribution in [1.29, 1.82) is 0 Å². The second kappa shape index (κ2) is 7.15. The first-order valence-corrected chi connectivity index (χ1v) is 8.72. The summed E-state index contributed by atoms with van der Waals surface area (Å²) in [5, 5.41) is 16.8. The Labute approximate surface area is 122 Å². The molecular formula is C9H18N2O8S2. The van der Waals surface area contributed by atoms with E-state index in [9.17, 15) is 26.4 Å². The molecule has 0 saturated carbocycles. The third-order valence-corrected chi connectivity index (χ3v) is 7.63. The van der Waals surface area contributed by atoms with Crippen LogP contribution in [0.5, 0.6) is 0 Å². The van der Waals surface area contributed by atoms with Crippen LogP contribution in [0.2, 0.25) is 0 Å². The minimum atomic E-state index is -4.38. The van der Waals surface area contributed by atoms with Crippen molar-refractivity contribution >= 4 is 32.0 Å². The van der Waals surface area contributed by atoms with Gasteiger partial charge in [0.2, 0.25) is 20.0 Å². The molecule has 10 nitrogen and oxygen atoms in total. The molecule has 0 fully saturated rings. The summed E-state index contributed by atoms with van der Waals surface area (Å²) in [5.41, 5.74) is 0. The molecule has 0 aliphatic heterocycles. The van der Waals surface area contributed by atoms with Crippen molar-refractivity contribution in [3.05, 3.63) is 0 Å². The summed E-state index contributed by atoms with van der Waals surface area (Å²) in [6.45, 7) is 0.926. The number of rotatable bonds is 10. The van der Waals surface area contributed by atoms with E-state index in [2.05, 4.69) is 0 Å².